The third-order valence-corrected chi connectivity index (χ3v) is 3.70. The molecule has 0 aliphatic heterocycles. The lowest BCUT2D eigenvalue weighted by Gasteiger charge is -2.24. The Bertz CT molecular complexity index is 280. The molecule has 0 aliphatic carbocycles. The largest absolute Gasteiger partial charge is 0.480 e. The molecular weight excluding hydrogens is 240 g/mol. The van der Waals surface area contributed by atoms with E-state index in [0.29, 0.717) is 6.54 Å². The standard InChI is InChI=1S/C11H22N2O3S/c1-7(2)8(9(14)15)13-10(16)12-6-11(3,4)17-5/h7-8H,6H2,1-5H3,(H,14,15)(H2,12,13,16)/t8-/m1/s1. The van der Waals surface area contributed by atoms with Crippen molar-refractivity contribution in [3.8, 4) is 0 Å². The summed E-state index contributed by atoms with van der Waals surface area (Å²) in [6.45, 7) is 8.02. The number of amides is 2. The second-order valence-electron chi connectivity index (χ2n) is 4.85. The van der Waals surface area contributed by atoms with Gasteiger partial charge in [0, 0.05) is 11.3 Å². The number of nitrogens with one attached hydrogen (secondary N) is 2. The van der Waals surface area contributed by atoms with Gasteiger partial charge in [-0.2, -0.15) is 11.8 Å². The van der Waals surface area contributed by atoms with Crippen LogP contribution in [0.4, 0.5) is 4.79 Å². The van der Waals surface area contributed by atoms with Crippen molar-refractivity contribution in [2.24, 2.45) is 5.92 Å². The first-order valence-electron chi connectivity index (χ1n) is 5.52. The van der Waals surface area contributed by atoms with Crippen LogP contribution >= 0.6 is 11.8 Å². The molecule has 5 nitrogen and oxygen atoms in total. The summed E-state index contributed by atoms with van der Waals surface area (Å²) in [4.78, 5) is 22.4. The zero-order chi connectivity index (χ0) is 13.6. The first-order chi connectivity index (χ1) is 7.69. The monoisotopic (exact) mass is 262 g/mol. The summed E-state index contributed by atoms with van der Waals surface area (Å²) in [5.74, 6) is -1.16. The number of carboxylic acids is 1. The van der Waals surface area contributed by atoms with Crippen LogP contribution < -0.4 is 10.6 Å². The average molecular weight is 262 g/mol. The number of aliphatic carboxylic acids is 1. The van der Waals surface area contributed by atoms with E-state index in [2.05, 4.69) is 10.6 Å². The number of carboxylic acid groups (broad SMARTS) is 1. The van der Waals surface area contributed by atoms with Crippen LogP contribution in [0, 0.1) is 5.92 Å². The van der Waals surface area contributed by atoms with Crippen molar-refractivity contribution in [2.45, 2.75) is 38.5 Å². The molecule has 6 heteroatoms. The molecule has 0 aromatic rings. The number of carbonyl (C=O) groups is 2. The lowest BCUT2D eigenvalue weighted by Crippen LogP contribution is -2.50. The molecule has 0 rings (SSSR count). The van der Waals surface area contributed by atoms with Gasteiger partial charge in [0.15, 0.2) is 0 Å². The van der Waals surface area contributed by atoms with Gasteiger partial charge in [0.1, 0.15) is 6.04 Å². The van der Waals surface area contributed by atoms with Crippen molar-refractivity contribution < 1.29 is 14.7 Å². The minimum absolute atomic E-state index is 0.0616. The molecule has 100 valence electrons. The van der Waals surface area contributed by atoms with Crippen molar-refractivity contribution >= 4 is 23.8 Å². The molecular formula is C11H22N2O3S. The zero-order valence-electron chi connectivity index (χ0n) is 11.0. The lowest BCUT2D eigenvalue weighted by molar-refractivity contribution is -0.140. The quantitative estimate of drug-likeness (QED) is 0.678. The van der Waals surface area contributed by atoms with Crippen molar-refractivity contribution in [3.05, 3.63) is 0 Å². The summed E-state index contributed by atoms with van der Waals surface area (Å²) >= 11 is 1.64. The molecule has 0 heterocycles. The summed E-state index contributed by atoms with van der Waals surface area (Å²) in [5, 5.41) is 14.1. The highest BCUT2D eigenvalue weighted by molar-refractivity contribution is 7.99. The molecule has 2 amide bonds. The van der Waals surface area contributed by atoms with E-state index < -0.39 is 18.0 Å². The second-order valence-corrected chi connectivity index (χ2v) is 6.36. The van der Waals surface area contributed by atoms with E-state index in [0.717, 1.165) is 0 Å². The maximum Gasteiger partial charge on any atom is 0.326 e. The summed E-state index contributed by atoms with van der Waals surface area (Å²) in [5.41, 5.74) is 0. The highest BCUT2D eigenvalue weighted by Gasteiger charge is 2.24. The molecule has 0 saturated heterocycles. The summed E-state index contributed by atoms with van der Waals surface area (Å²) in [7, 11) is 0. The number of carbonyl (C=O) groups excluding carboxylic acids is 1. The number of urea groups is 1. The first-order valence-corrected chi connectivity index (χ1v) is 6.74. The van der Waals surface area contributed by atoms with Crippen molar-refractivity contribution in [1.29, 1.82) is 0 Å². The molecule has 0 unspecified atom stereocenters. The topological polar surface area (TPSA) is 78.4 Å². The molecule has 0 fully saturated rings. The van der Waals surface area contributed by atoms with E-state index in [4.69, 9.17) is 5.11 Å². The molecule has 1 atom stereocenters. The van der Waals surface area contributed by atoms with Gasteiger partial charge in [0.25, 0.3) is 0 Å². The van der Waals surface area contributed by atoms with Gasteiger partial charge in [-0.1, -0.05) is 13.8 Å². The van der Waals surface area contributed by atoms with Crippen LogP contribution in [-0.2, 0) is 4.79 Å². The number of hydrogen-bond donors (Lipinski definition) is 3. The molecule has 0 bridgehead atoms. The fraction of sp³-hybridized carbons (Fsp3) is 0.818. The van der Waals surface area contributed by atoms with Crippen LogP contribution in [0.5, 0.6) is 0 Å². The average Bonchev–Trinajstić information content (AvgIpc) is 2.22. The van der Waals surface area contributed by atoms with Crippen LogP contribution in [0.3, 0.4) is 0 Å². The van der Waals surface area contributed by atoms with E-state index in [1.54, 1.807) is 25.6 Å². The Morgan fingerprint density at radius 1 is 1.35 bits per heavy atom. The first kappa shape index (κ1) is 16.1. The fourth-order valence-electron chi connectivity index (χ4n) is 1.07. The highest BCUT2D eigenvalue weighted by Crippen LogP contribution is 2.19. The van der Waals surface area contributed by atoms with Crippen LogP contribution in [-0.4, -0.2) is 40.7 Å². The van der Waals surface area contributed by atoms with Crippen molar-refractivity contribution in [2.75, 3.05) is 12.8 Å². The van der Waals surface area contributed by atoms with Crippen molar-refractivity contribution in [1.82, 2.24) is 10.6 Å². The van der Waals surface area contributed by atoms with Gasteiger partial charge in [-0.25, -0.2) is 9.59 Å². The van der Waals surface area contributed by atoms with Crippen molar-refractivity contribution in [3.63, 3.8) is 0 Å². The molecule has 0 spiro atoms. The van der Waals surface area contributed by atoms with Gasteiger partial charge in [0.2, 0.25) is 0 Å². The molecule has 17 heavy (non-hydrogen) atoms. The van der Waals surface area contributed by atoms with Crippen LogP contribution in [0.15, 0.2) is 0 Å². The van der Waals surface area contributed by atoms with Crippen LogP contribution in [0.2, 0.25) is 0 Å². The third-order valence-electron chi connectivity index (χ3n) is 2.45. The molecule has 0 radical (unpaired) electrons. The number of rotatable bonds is 6. The Hall–Kier alpha value is -0.910. The Kier molecular flexibility index (Phi) is 6.37. The molecule has 0 aliphatic rings. The Morgan fingerprint density at radius 2 is 1.88 bits per heavy atom. The zero-order valence-corrected chi connectivity index (χ0v) is 11.9. The summed E-state index contributed by atoms with van der Waals surface area (Å²) in [6, 6.07) is -1.29. The fourth-order valence-corrected chi connectivity index (χ4v) is 1.29. The van der Waals surface area contributed by atoms with Gasteiger partial charge in [-0.3, -0.25) is 0 Å². The van der Waals surface area contributed by atoms with E-state index in [1.165, 1.54) is 0 Å². The van der Waals surface area contributed by atoms with E-state index in [9.17, 15) is 9.59 Å². The summed E-state index contributed by atoms with van der Waals surface area (Å²) < 4.78 is -0.0616. The molecule has 0 aromatic carbocycles. The predicted octanol–water partition coefficient (Wildman–Crippen LogP) is 1.54. The lowest BCUT2D eigenvalue weighted by atomic mass is 10.1. The maximum atomic E-state index is 11.5. The van der Waals surface area contributed by atoms with Crippen LogP contribution in [0.1, 0.15) is 27.7 Å². The Labute approximate surface area is 107 Å². The predicted molar refractivity (Wildman–Crippen MR) is 70.4 cm³/mol. The van der Waals surface area contributed by atoms with Gasteiger partial charge in [0.05, 0.1) is 0 Å². The smallest absolute Gasteiger partial charge is 0.326 e. The van der Waals surface area contributed by atoms with Gasteiger partial charge in [-0.15, -0.1) is 0 Å². The number of hydrogen-bond acceptors (Lipinski definition) is 3. The normalized spacial score (nSPS) is 13.3. The molecule has 0 saturated carbocycles. The Morgan fingerprint density at radius 3 is 2.24 bits per heavy atom. The summed E-state index contributed by atoms with van der Waals surface area (Å²) in [6.07, 6.45) is 1.97. The highest BCUT2D eigenvalue weighted by atomic mass is 32.2. The SMILES string of the molecule is CSC(C)(C)CNC(=O)N[C@@H](C(=O)O)C(C)C. The number of thioether (sulfide) groups is 1. The second kappa shape index (κ2) is 6.74. The van der Waals surface area contributed by atoms with E-state index in [1.807, 2.05) is 20.1 Å². The molecule has 0 aromatic heterocycles. The minimum atomic E-state index is -1.01. The molecule has 3 N–H and O–H groups in total. The third kappa shape index (κ3) is 6.41. The Balaban J connectivity index is 4.21. The van der Waals surface area contributed by atoms with Gasteiger partial charge >= 0.3 is 12.0 Å². The van der Waals surface area contributed by atoms with E-state index >= 15 is 0 Å². The maximum absolute atomic E-state index is 11.5. The minimum Gasteiger partial charge on any atom is -0.480 e. The van der Waals surface area contributed by atoms with Crippen LogP contribution in [0.25, 0.3) is 0 Å². The van der Waals surface area contributed by atoms with Gasteiger partial charge in [-0.05, 0) is 26.0 Å². The van der Waals surface area contributed by atoms with E-state index in [-0.39, 0.29) is 10.7 Å². The van der Waals surface area contributed by atoms with Gasteiger partial charge < -0.3 is 15.7 Å².